The van der Waals surface area contributed by atoms with Crippen molar-refractivity contribution in [3.8, 4) is 0 Å². The summed E-state index contributed by atoms with van der Waals surface area (Å²) in [4.78, 5) is 28.6. The molecule has 3 saturated heterocycles. The molecule has 0 aliphatic carbocycles. The molecule has 5 aromatic heterocycles. The van der Waals surface area contributed by atoms with Crippen molar-refractivity contribution in [3.05, 3.63) is 189 Å². The van der Waals surface area contributed by atoms with E-state index in [1.807, 2.05) is 48.0 Å². The summed E-state index contributed by atoms with van der Waals surface area (Å²) in [5.41, 5.74) is 11.3. The van der Waals surface area contributed by atoms with Gasteiger partial charge in [-0.3, -0.25) is 4.79 Å². The number of aromatic amines is 5. The predicted octanol–water partition coefficient (Wildman–Crippen LogP) is 12.9. The summed E-state index contributed by atoms with van der Waals surface area (Å²) in [5, 5.41) is 10.2. The molecule has 105 heavy (non-hydrogen) atoms. The van der Waals surface area contributed by atoms with Crippen LogP contribution in [0.5, 0.6) is 0 Å². The van der Waals surface area contributed by atoms with E-state index < -0.39 is 52.3 Å². The van der Waals surface area contributed by atoms with Crippen LogP contribution in [0.1, 0.15) is 104 Å². The Morgan fingerprint density at radius 1 is 0.448 bits per heavy atom. The molecule has 0 radical (unpaired) electrons. The second-order valence-corrected chi connectivity index (χ2v) is 35.6. The van der Waals surface area contributed by atoms with Gasteiger partial charge in [-0.25, -0.2) is 35.5 Å². The van der Waals surface area contributed by atoms with Gasteiger partial charge in [-0.1, -0.05) is 35.4 Å². The van der Waals surface area contributed by atoms with Crippen LogP contribution in [0.15, 0.2) is 122 Å². The van der Waals surface area contributed by atoms with Gasteiger partial charge in [-0.2, -0.15) is 51.1 Å². The first-order valence-corrected chi connectivity index (χ1v) is 41.0. The molecule has 15 rings (SSSR count). The number of benzene rings is 5. The highest BCUT2D eigenvalue weighted by atomic mass is 35.5. The lowest BCUT2D eigenvalue weighted by molar-refractivity contribution is -0.129. The third-order valence-electron chi connectivity index (χ3n) is 20.1. The van der Waals surface area contributed by atoms with E-state index in [0.29, 0.717) is 82.6 Å². The van der Waals surface area contributed by atoms with Crippen molar-refractivity contribution in [2.75, 3.05) is 99.9 Å². The zero-order valence-electron chi connectivity index (χ0n) is 58.7. The summed E-state index contributed by atoms with van der Waals surface area (Å²) in [6, 6.07) is 20.2. The maximum Gasteiger partial charge on any atom is 0.281 e. The average Bonchev–Trinajstić information content (AvgIpc) is 1.70. The van der Waals surface area contributed by atoms with E-state index >= 15 is 0 Å². The number of carbonyl (C=O) groups excluding carboxylic acids is 1. The number of piperidine rings is 3. The Morgan fingerprint density at radius 2 is 0.800 bits per heavy atom. The predicted molar refractivity (Wildman–Crippen MR) is 404 cm³/mol. The summed E-state index contributed by atoms with van der Waals surface area (Å²) in [5.74, 6) is -0.574. The van der Waals surface area contributed by atoms with Gasteiger partial charge in [0.05, 0.1) is 16.3 Å². The molecule has 5 aromatic carbocycles. The maximum atomic E-state index is 13.4. The van der Waals surface area contributed by atoms with E-state index in [9.17, 15) is 60.4 Å². The molecule has 0 saturated carbocycles. The van der Waals surface area contributed by atoms with E-state index in [0.717, 1.165) is 134 Å². The molecule has 0 bridgehead atoms. The van der Waals surface area contributed by atoms with Crippen molar-refractivity contribution in [2.24, 2.45) is 5.14 Å². The summed E-state index contributed by atoms with van der Waals surface area (Å²) in [7, 11) is -7.30. The fraction of sp³-hybridized carbons (Fsp3) is 0.375. The molecule has 0 unspecified atom stereocenters. The van der Waals surface area contributed by atoms with Gasteiger partial charge in [0.1, 0.15) is 29.1 Å². The third-order valence-corrected chi connectivity index (χ3v) is 26.9. The smallest absolute Gasteiger partial charge is 0.281 e. The minimum absolute atomic E-state index is 0.0810. The van der Waals surface area contributed by atoms with Gasteiger partial charge >= 0.3 is 0 Å². The van der Waals surface area contributed by atoms with Crippen molar-refractivity contribution >= 4 is 135 Å². The largest absolute Gasteiger partial charge is 0.361 e. The quantitative estimate of drug-likeness (QED) is 0.0671. The number of hydrogen-bond donors (Lipinski definition) is 6. The molecule has 3 fully saturated rings. The van der Waals surface area contributed by atoms with E-state index in [2.05, 4.69) is 24.9 Å². The van der Waals surface area contributed by atoms with Gasteiger partial charge in [0.15, 0.2) is 0 Å². The first-order chi connectivity index (χ1) is 49.7. The Labute approximate surface area is 617 Å². The molecule has 564 valence electrons. The van der Waals surface area contributed by atoms with E-state index in [1.165, 1.54) is 100 Å². The zero-order valence-corrected chi connectivity index (χ0v) is 63.4. The number of fused-ring (bicyclic) bond motifs is 5. The highest BCUT2D eigenvalue weighted by Gasteiger charge is 2.33. The second kappa shape index (κ2) is 32.5. The summed E-state index contributed by atoms with van der Waals surface area (Å²) in [6.45, 7) is 6.65. The number of carbonyl (C=O) groups is 1. The number of nitrogens with two attached hydrogens (primary N) is 1. The van der Waals surface area contributed by atoms with Crippen molar-refractivity contribution in [1.82, 2.24) is 55.7 Å². The Kier molecular flexibility index (Phi) is 24.3. The molecule has 0 atom stereocenters. The van der Waals surface area contributed by atoms with Crippen molar-refractivity contribution in [2.45, 2.75) is 76.0 Å². The lowest BCUT2D eigenvalue weighted by atomic mass is 9.89. The number of nitrogens with one attached hydrogen (secondary N) is 5. The number of amides is 1. The van der Waals surface area contributed by atoms with Gasteiger partial charge in [-0.15, -0.1) is 0 Å². The van der Waals surface area contributed by atoms with Crippen molar-refractivity contribution < 1.29 is 60.4 Å². The fourth-order valence-corrected chi connectivity index (χ4v) is 18.2. The number of likely N-dealkylation sites (tertiary alicyclic amines) is 1. The van der Waals surface area contributed by atoms with Crippen molar-refractivity contribution in [1.29, 1.82) is 0 Å². The van der Waals surface area contributed by atoms with Crippen LogP contribution in [0.4, 0.5) is 22.0 Å². The molecule has 33 heteroatoms. The molecule has 10 aromatic rings. The van der Waals surface area contributed by atoms with Crippen LogP contribution < -0.4 is 5.14 Å². The third kappa shape index (κ3) is 18.1. The molecule has 0 spiro atoms. The van der Waals surface area contributed by atoms with E-state index in [1.54, 1.807) is 51.4 Å². The molecule has 22 nitrogen and oxygen atoms in total. The summed E-state index contributed by atoms with van der Waals surface area (Å²) >= 11 is 11.7. The number of hydrogen-bond acceptors (Lipinski definition) is 9. The Balaban J connectivity index is 0.000000131. The molecule has 10 heterocycles. The Bertz CT molecular complexity index is 5390. The Hall–Kier alpha value is -7.50. The van der Waals surface area contributed by atoms with Gasteiger partial charge in [0, 0.05) is 197 Å². The monoisotopic (exact) mass is 1570 g/mol. The number of nitrogens with zero attached hydrogens (tertiary/aromatic N) is 7. The van der Waals surface area contributed by atoms with Crippen LogP contribution in [0, 0.1) is 29.1 Å². The van der Waals surface area contributed by atoms with E-state index in [-0.39, 0.29) is 39.3 Å². The first kappa shape index (κ1) is 78.6. The minimum atomic E-state index is -3.59. The van der Waals surface area contributed by atoms with Gasteiger partial charge in [-0.05, 0) is 176 Å². The molecule has 5 aliphatic heterocycles. The average molecular weight is 1570 g/mol. The SMILES string of the molecule is CC(=O)N1CCC(c2c[nH]c3cc(F)c(Cl)cc23)CC1.CN(C)S(=O)(=O)N1CC=C(c2c[nH]c3cc(F)ccc23)CC1.CN(C)S(=O)(=O)N1CCC(c2c[nH]c3cc(F)ccc23)CC1.CS(=O)(=O)N1CC=C(c2c[nH]c3cc(F)c(Cl)cc23)CC1.NS(=O)(=O)N1CCC(c2c[nH]c3cc(F)ccc23)CC1. The van der Waals surface area contributed by atoms with Crippen LogP contribution in [0.3, 0.4) is 0 Å². The van der Waals surface area contributed by atoms with Crippen LogP contribution in [-0.2, 0) is 45.4 Å². The fourth-order valence-electron chi connectivity index (χ4n) is 14.2. The summed E-state index contributed by atoms with van der Waals surface area (Å²) in [6.07, 6.45) is 20.6. The number of aromatic nitrogens is 5. The van der Waals surface area contributed by atoms with Crippen LogP contribution >= 0.6 is 23.2 Å². The Morgan fingerprint density at radius 3 is 1.21 bits per heavy atom. The highest BCUT2D eigenvalue weighted by molar-refractivity contribution is 7.88. The molecular weight excluding hydrogens is 1490 g/mol. The van der Waals surface area contributed by atoms with Crippen LogP contribution in [-0.4, -0.2) is 195 Å². The number of sulfonamides is 1. The van der Waals surface area contributed by atoms with E-state index in [4.69, 9.17) is 28.3 Å². The molecule has 7 N–H and O–H groups in total. The number of halogens is 7. The molecule has 1 amide bonds. The maximum absolute atomic E-state index is 13.4. The normalized spacial score (nSPS) is 17.7. The molecular formula is C72H84Cl2F5N13O9S4. The number of rotatable bonds is 11. The van der Waals surface area contributed by atoms with Crippen LogP contribution in [0.25, 0.3) is 65.7 Å². The molecule has 5 aliphatic rings. The van der Waals surface area contributed by atoms with Gasteiger partial charge in [0.25, 0.3) is 30.6 Å². The summed E-state index contributed by atoms with van der Waals surface area (Å²) < 4.78 is 169. The topological polar surface area (TPSA) is 281 Å². The van der Waals surface area contributed by atoms with Gasteiger partial charge < -0.3 is 29.8 Å². The first-order valence-electron chi connectivity index (χ1n) is 34.1. The van der Waals surface area contributed by atoms with Crippen molar-refractivity contribution in [3.63, 3.8) is 0 Å². The lowest BCUT2D eigenvalue weighted by Crippen LogP contribution is -2.44. The second-order valence-electron chi connectivity index (χ2n) is 27.0. The minimum Gasteiger partial charge on any atom is -0.361 e. The number of H-pyrrole nitrogens is 5. The van der Waals surface area contributed by atoms with Gasteiger partial charge in [0.2, 0.25) is 15.9 Å². The standard InChI is InChI=1S/C15H16ClFN2O.C15H20FN3O2S.C15H18FN3O2S.C14H14ClFN2O2S.C13H16FN3O2S/c1-9(20)19-4-2-10(3-5-19)12-8-18-15-7-14(17)13(16)6-11(12)15;2*1-18(2)22(20,21)19-7-5-11(6-8-19)14-10-17-15-9-12(16)3-4-13(14)15;1-21(19,20)18-4-2-9(3-5-18)11-8-17-14-7-13(16)12(15)6-10(11)14;14-10-1-2-11-12(8-16-13(11)7-10)9-3-5-17(6-4-9)20(15,18)19/h6-8,10,18H,2-5H2,1H3;3-4,9-11,17H,5-8H2,1-2H3;3-5,9-10,17H,6-8H2,1-2H3;2,6-8,17H,3-5H2,1H3;1-2,7-9,16H,3-6H2,(H2,15,18,19). The highest BCUT2D eigenvalue weighted by Crippen LogP contribution is 2.39. The lowest BCUT2D eigenvalue weighted by Gasteiger charge is -2.32. The van der Waals surface area contributed by atoms with Crippen LogP contribution in [0.2, 0.25) is 10.0 Å². The zero-order chi connectivity index (χ0) is 75.6.